The Balaban J connectivity index is 1.79. The fraction of sp³-hybridized carbons (Fsp3) is 0.429. The van der Waals surface area contributed by atoms with E-state index >= 15 is 0 Å². The zero-order valence-corrected chi connectivity index (χ0v) is 23.2. The maximum absolute atomic E-state index is 13.6. The third-order valence-electron chi connectivity index (χ3n) is 6.81. The number of nitrogens with two attached hydrogens (primary N) is 4. The molecule has 2 atom stereocenters. The van der Waals surface area contributed by atoms with Crippen LogP contribution in [0.2, 0.25) is 5.02 Å². The van der Waals surface area contributed by atoms with Gasteiger partial charge in [0.15, 0.2) is 11.7 Å². The van der Waals surface area contributed by atoms with Gasteiger partial charge in [0.05, 0.1) is 16.8 Å². The van der Waals surface area contributed by atoms with Crippen LogP contribution < -0.4 is 38.3 Å². The first-order chi connectivity index (χ1) is 19.1. The predicted octanol–water partition coefficient (Wildman–Crippen LogP) is 3.01. The van der Waals surface area contributed by atoms with Crippen LogP contribution in [0.3, 0.4) is 0 Å². The maximum Gasteiger partial charge on any atom is 0.248 e. The van der Waals surface area contributed by atoms with Crippen LogP contribution in [0.1, 0.15) is 61.7 Å². The number of nitrogens with one attached hydrogen (secondary N) is 2. The Morgan fingerprint density at radius 1 is 1.00 bits per heavy atom. The average Bonchev–Trinajstić information content (AvgIpc) is 2.93. The summed E-state index contributed by atoms with van der Waals surface area (Å²) in [5.41, 5.74) is 22.7. The Morgan fingerprint density at radius 2 is 1.73 bits per heavy atom. The molecule has 0 unspecified atom stereocenters. The summed E-state index contributed by atoms with van der Waals surface area (Å²) < 4.78 is 5.96. The van der Waals surface area contributed by atoms with Gasteiger partial charge >= 0.3 is 0 Å². The van der Waals surface area contributed by atoms with Crippen molar-refractivity contribution < 1.29 is 19.1 Å². The number of anilines is 1. The quantitative estimate of drug-likeness (QED) is 0.120. The molecule has 0 aromatic heterocycles. The van der Waals surface area contributed by atoms with E-state index in [0.717, 1.165) is 32.1 Å². The van der Waals surface area contributed by atoms with Crippen molar-refractivity contribution in [2.45, 2.75) is 63.5 Å². The van der Waals surface area contributed by atoms with Crippen molar-refractivity contribution in [3.8, 4) is 11.5 Å². The van der Waals surface area contributed by atoms with Crippen LogP contribution >= 0.6 is 11.6 Å². The lowest BCUT2D eigenvalue weighted by Gasteiger charge is -2.27. The molecule has 3 rings (SSSR count). The van der Waals surface area contributed by atoms with E-state index in [1.807, 2.05) is 0 Å². The molecule has 2 aromatic rings. The van der Waals surface area contributed by atoms with E-state index in [0.29, 0.717) is 48.2 Å². The third-order valence-corrected chi connectivity index (χ3v) is 7.12. The molecule has 0 spiro atoms. The molecule has 0 aliphatic heterocycles. The molecule has 1 fully saturated rings. The first-order valence-electron chi connectivity index (χ1n) is 13.4. The van der Waals surface area contributed by atoms with Gasteiger partial charge in [0, 0.05) is 12.1 Å². The van der Waals surface area contributed by atoms with E-state index in [9.17, 15) is 14.4 Å². The summed E-state index contributed by atoms with van der Waals surface area (Å²) in [6.45, 7) is 0.352. The number of para-hydroxylation sites is 1. The molecule has 1 aliphatic carbocycles. The minimum Gasteiger partial charge on any atom is -0.454 e. The van der Waals surface area contributed by atoms with Crippen LogP contribution in [-0.4, -0.2) is 42.3 Å². The molecule has 1 saturated carbocycles. The van der Waals surface area contributed by atoms with Crippen molar-refractivity contribution in [2.24, 2.45) is 33.8 Å². The Bertz CT molecular complexity index is 1210. The van der Waals surface area contributed by atoms with Crippen molar-refractivity contribution in [3.63, 3.8) is 0 Å². The van der Waals surface area contributed by atoms with Gasteiger partial charge in [-0.25, -0.2) is 0 Å². The lowest BCUT2D eigenvalue weighted by atomic mass is 9.84. The lowest BCUT2D eigenvalue weighted by molar-refractivity contribution is -0.127. The maximum atomic E-state index is 13.6. The van der Waals surface area contributed by atoms with Gasteiger partial charge in [-0.15, -0.1) is 0 Å². The molecule has 1 aliphatic rings. The number of primary amides is 1. The average molecular weight is 572 g/mol. The second kappa shape index (κ2) is 15.1. The normalized spacial score (nSPS) is 14.9. The number of nitrogens with zero attached hydrogens (tertiary/aromatic N) is 1. The second-order valence-electron chi connectivity index (χ2n) is 9.95. The third kappa shape index (κ3) is 9.42. The molecule has 0 saturated heterocycles. The number of carbonyl (C=O) groups excluding carboxylic acids is 3. The summed E-state index contributed by atoms with van der Waals surface area (Å²) in [6.07, 6.45) is 6.64. The Labute approximate surface area is 239 Å². The Kier molecular flexibility index (Phi) is 11.6. The highest BCUT2D eigenvalue weighted by molar-refractivity contribution is 6.32. The summed E-state index contributed by atoms with van der Waals surface area (Å²) in [5, 5.41) is 6.05. The van der Waals surface area contributed by atoms with Crippen molar-refractivity contribution in [1.82, 2.24) is 5.32 Å². The van der Waals surface area contributed by atoms with Crippen molar-refractivity contribution in [1.29, 1.82) is 0 Å². The zero-order valence-electron chi connectivity index (χ0n) is 22.4. The van der Waals surface area contributed by atoms with E-state index in [1.54, 1.807) is 24.3 Å². The molecule has 0 heterocycles. The largest absolute Gasteiger partial charge is 0.454 e. The number of benzene rings is 2. The summed E-state index contributed by atoms with van der Waals surface area (Å²) >= 11 is 6.26. The summed E-state index contributed by atoms with van der Waals surface area (Å²) in [5.74, 6) is -0.738. The van der Waals surface area contributed by atoms with Gasteiger partial charge < -0.3 is 38.3 Å². The van der Waals surface area contributed by atoms with Crippen LogP contribution in [-0.2, 0) is 9.59 Å². The molecule has 40 heavy (non-hydrogen) atoms. The molecule has 216 valence electrons. The highest BCUT2D eigenvalue weighted by Crippen LogP contribution is 2.35. The molecule has 2 aromatic carbocycles. The summed E-state index contributed by atoms with van der Waals surface area (Å²) in [7, 11) is 0. The summed E-state index contributed by atoms with van der Waals surface area (Å²) in [6, 6.07) is 9.60. The lowest BCUT2D eigenvalue weighted by Crippen LogP contribution is -2.50. The van der Waals surface area contributed by atoms with E-state index < -0.39 is 29.8 Å². The van der Waals surface area contributed by atoms with Gasteiger partial charge in [-0.3, -0.25) is 19.4 Å². The fourth-order valence-electron chi connectivity index (χ4n) is 4.65. The van der Waals surface area contributed by atoms with Crippen LogP contribution in [0.15, 0.2) is 47.5 Å². The number of rotatable bonds is 13. The smallest absolute Gasteiger partial charge is 0.248 e. The topological polar surface area (TPSA) is 201 Å². The molecule has 0 bridgehead atoms. The number of halogens is 1. The minimum atomic E-state index is -0.830. The Hall–Kier alpha value is -3.83. The van der Waals surface area contributed by atoms with Crippen molar-refractivity contribution in [3.05, 3.63) is 53.1 Å². The second-order valence-corrected chi connectivity index (χ2v) is 10.4. The van der Waals surface area contributed by atoms with Crippen LogP contribution in [0.25, 0.3) is 0 Å². The standard InChI is InChI=1S/C28H38ClN7O4/c29-19-9-4-5-11-23(19)40-24-16-18(25(31)37)12-13-21(24)35-27(39)22(15-17-7-2-1-3-8-17)36-26(38)20(30)10-6-14-34-28(32)33/h4-5,9,11-13,16-17,20,22H,1-3,6-8,10,14-15,30H2,(H2,31,37)(H,35,39)(H,36,38)(H4,32,33,34)/t20-,22-/m0/s1. The number of carbonyl (C=O) groups is 3. The molecule has 11 nitrogen and oxygen atoms in total. The van der Waals surface area contributed by atoms with Gasteiger partial charge in [-0.1, -0.05) is 55.8 Å². The van der Waals surface area contributed by atoms with E-state index in [1.165, 1.54) is 18.2 Å². The van der Waals surface area contributed by atoms with Gasteiger partial charge in [-0.2, -0.15) is 0 Å². The minimum absolute atomic E-state index is 0.0241. The van der Waals surface area contributed by atoms with Gasteiger partial charge in [-0.05, 0) is 55.5 Å². The van der Waals surface area contributed by atoms with Crippen LogP contribution in [0, 0.1) is 5.92 Å². The van der Waals surface area contributed by atoms with E-state index in [4.69, 9.17) is 39.3 Å². The van der Waals surface area contributed by atoms with E-state index in [-0.39, 0.29) is 17.3 Å². The number of guanidine groups is 1. The first-order valence-corrected chi connectivity index (χ1v) is 13.8. The van der Waals surface area contributed by atoms with Crippen LogP contribution in [0.5, 0.6) is 11.5 Å². The number of hydrogen-bond acceptors (Lipinski definition) is 6. The molecule has 0 radical (unpaired) electrons. The molecular weight excluding hydrogens is 534 g/mol. The molecular formula is C28H38ClN7O4. The zero-order chi connectivity index (χ0) is 29.1. The van der Waals surface area contributed by atoms with Crippen molar-refractivity contribution >= 4 is 41.0 Å². The molecule has 3 amide bonds. The van der Waals surface area contributed by atoms with Gasteiger partial charge in [0.2, 0.25) is 17.7 Å². The van der Waals surface area contributed by atoms with Crippen LogP contribution in [0.4, 0.5) is 5.69 Å². The fourth-order valence-corrected chi connectivity index (χ4v) is 4.82. The van der Waals surface area contributed by atoms with E-state index in [2.05, 4.69) is 15.6 Å². The molecule has 10 N–H and O–H groups in total. The summed E-state index contributed by atoms with van der Waals surface area (Å²) in [4.78, 5) is 42.3. The first kappa shape index (κ1) is 30.7. The van der Waals surface area contributed by atoms with Crippen molar-refractivity contribution in [2.75, 3.05) is 11.9 Å². The number of ether oxygens (including phenoxy) is 1. The van der Waals surface area contributed by atoms with Gasteiger partial charge in [0.1, 0.15) is 11.8 Å². The van der Waals surface area contributed by atoms with Gasteiger partial charge in [0.25, 0.3) is 0 Å². The monoisotopic (exact) mass is 571 g/mol. The SMILES string of the molecule is NC(=O)c1ccc(NC(=O)[C@H](CC2CCCCC2)NC(=O)[C@@H](N)CCCN=C(N)N)c(Oc2ccccc2Cl)c1. The number of hydrogen-bond donors (Lipinski definition) is 6. The highest BCUT2D eigenvalue weighted by Gasteiger charge is 2.28. The highest BCUT2D eigenvalue weighted by atomic mass is 35.5. The Morgan fingerprint density at radius 3 is 2.40 bits per heavy atom. The number of amides is 3. The molecule has 12 heteroatoms. The number of aliphatic imine (C=N–C) groups is 1. The predicted molar refractivity (Wildman–Crippen MR) is 156 cm³/mol.